The van der Waals surface area contributed by atoms with Crippen LogP contribution in [-0.2, 0) is 29.4 Å². The number of ether oxygens (including phenoxy) is 1. The van der Waals surface area contributed by atoms with Crippen LogP contribution in [0.2, 0.25) is 0 Å². The number of hydrogen-bond donors (Lipinski definition) is 1. The Hall–Kier alpha value is -1.08. The van der Waals surface area contributed by atoms with Gasteiger partial charge in [0.15, 0.2) is 0 Å². The summed E-state index contributed by atoms with van der Waals surface area (Å²) in [6, 6.07) is 0. The van der Waals surface area contributed by atoms with Gasteiger partial charge in [0.1, 0.15) is 0 Å². The molecule has 1 atom stereocenters. The largest absolute Gasteiger partial charge is 0.449 e. The van der Waals surface area contributed by atoms with E-state index in [1.54, 1.807) is 0 Å². The average molecular weight is 289 g/mol. The predicted octanol–water partition coefficient (Wildman–Crippen LogP) is 2.07. The molecule has 7 heteroatoms. The second-order valence-corrected chi connectivity index (χ2v) is 5.74. The molecule has 0 amide bonds. The van der Waals surface area contributed by atoms with Crippen molar-refractivity contribution in [3.8, 4) is 0 Å². The molecule has 0 saturated carbocycles. The van der Waals surface area contributed by atoms with E-state index in [0.717, 1.165) is 6.42 Å². The lowest BCUT2D eigenvalue weighted by molar-refractivity contribution is -0.151. The van der Waals surface area contributed by atoms with Crippen molar-refractivity contribution in [1.82, 2.24) is 14.9 Å². The van der Waals surface area contributed by atoms with Crippen LogP contribution in [0.5, 0.6) is 0 Å². The van der Waals surface area contributed by atoms with Gasteiger partial charge in [-0.25, -0.2) is 4.98 Å². The number of nitrogens with zero attached hydrogens (tertiary/aromatic N) is 2. The number of nitrogens with one attached hydrogen (secondary N) is 1. The van der Waals surface area contributed by atoms with Gasteiger partial charge in [0.05, 0.1) is 17.8 Å². The molecular formula is C13H18F3N3O. The molecule has 1 aromatic heterocycles. The monoisotopic (exact) mass is 289 g/mol. The van der Waals surface area contributed by atoms with Crippen molar-refractivity contribution in [2.45, 2.75) is 44.4 Å². The quantitative estimate of drug-likeness (QED) is 0.860. The molecule has 2 aliphatic heterocycles. The predicted molar refractivity (Wildman–Crippen MR) is 66.3 cm³/mol. The highest BCUT2D eigenvalue weighted by Crippen LogP contribution is 2.38. The summed E-state index contributed by atoms with van der Waals surface area (Å²) in [6.45, 7) is 3.86. The Morgan fingerprint density at radius 3 is 2.85 bits per heavy atom. The lowest BCUT2D eigenvalue weighted by atomic mass is 9.93. The molecule has 1 saturated heterocycles. The summed E-state index contributed by atoms with van der Waals surface area (Å²) in [6.07, 6.45) is -2.39. The molecule has 112 valence electrons. The van der Waals surface area contributed by atoms with Gasteiger partial charge in [0, 0.05) is 31.8 Å². The molecule has 1 aromatic rings. The fourth-order valence-corrected chi connectivity index (χ4v) is 3.18. The maximum absolute atomic E-state index is 13.3. The Morgan fingerprint density at radius 1 is 1.40 bits per heavy atom. The van der Waals surface area contributed by atoms with Crippen LogP contribution in [0.1, 0.15) is 37.0 Å². The fraction of sp³-hybridized carbons (Fsp3) is 0.769. The highest BCUT2D eigenvalue weighted by Gasteiger charge is 2.44. The van der Waals surface area contributed by atoms with Crippen LogP contribution >= 0.6 is 0 Å². The van der Waals surface area contributed by atoms with Crippen molar-refractivity contribution in [2.75, 3.05) is 19.8 Å². The first kappa shape index (κ1) is 13.9. The second kappa shape index (κ2) is 4.73. The molecule has 1 fully saturated rings. The Kier molecular flexibility index (Phi) is 3.29. The van der Waals surface area contributed by atoms with Gasteiger partial charge < -0.3 is 14.6 Å². The van der Waals surface area contributed by atoms with Crippen molar-refractivity contribution >= 4 is 0 Å². The summed E-state index contributed by atoms with van der Waals surface area (Å²) in [4.78, 5) is 3.86. The standard InChI is InChI=1S/C13H18F3N3O/c1-12(4-2-6-20-8-12)19-10-3-5-17-7-9(10)18-11(19)13(14,15)16/h17H,2-8H2,1H3. The molecule has 3 rings (SSSR count). The van der Waals surface area contributed by atoms with E-state index in [1.165, 1.54) is 4.57 Å². The summed E-state index contributed by atoms with van der Waals surface area (Å²) in [5.74, 6) is -0.779. The van der Waals surface area contributed by atoms with Gasteiger partial charge in [-0.1, -0.05) is 0 Å². The molecule has 0 aliphatic carbocycles. The number of aromatic nitrogens is 2. The summed E-state index contributed by atoms with van der Waals surface area (Å²) in [5, 5.41) is 3.07. The van der Waals surface area contributed by atoms with Gasteiger partial charge in [-0.2, -0.15) is 13.2 Å². The van der Waals surface area contributed by atoms with E-state index in [-0.39, 0.29) is 0 Å². The fourth-order valence-electron chi connectivity index (χ4n) is 3.18. The molecule has 0 bridgehead atoms. The molecule has 2 aliphatic rings. The van der Waals surface area contributed by atoms with E-state index in [1.807, 2.05) is 6.92 Å². The van der Waals surface area contributed by atoms with Crippen LogP contribution in [0.3, 0.4) is 0 Å². The molecule has 1 N–H and O–H groups in total. The van der Waals surface area contributed by atoms with Crippen LogP contribution in [0.15, 0.2) is 0 Å². The summed E-state index contributed by atoms with van der Waals surface area (Å²) in [5.41, 5.74) is 0.584. The van der Waals surface area contributed by atoms with Crippen LogP contribution in [0.4, 0.5) is 13.2 Å². The molecule has 1 unspecified atom stereocenters. The highest BCUT2D eigenvalue weighted by atomic mass is 19.4. The minimum atomic E-state index is -4.43. The van der Waals surface area contributed by atoms with E-state index >= 15 is 0 Å². The molecular weight excluding hydrogens is 271 g/mol. The maximum atomic E-state index is 13.3. The summed E-state index contributed by atoms with van der Waals surface area (Å²) < 4.78 is 46.8. The molecule has 0 radical (unpaired) electrons. The van der Waals surface area contributed by atoms with Gasteiger partial charge in [-0.05, 0) is 19.8 Å². The average Bonchev–Trinajstić information content (AvgIpc) is 2.79. The van der Waals surface area contributed by atoms with Crippen molar-refractivity contribution in [3.05, 3.63) is 17.2 Å². The van der Waals surface area contributed by atoms with E-state index < -0.39 is 17.5 Å². The first-order chi connectivity index (χ1) is 9.42. The number of fused-ring (bicyclic) bond motifs is 1. The van der Waals surface area contributed by atoms with Crippen LogP contribution < -0.4 is 5.32 Å². The number of halogens is 3. The third-order valence-electron chi connectivity index (χ3n) is 4.10. The van der Waals surface area contributed by atoms with Gasteiger partial charge in [-0.3, -0.25) is 0 Å². The normalized spacial score (nSPS) is 27.4. The van der Waals surface area contributed by atoms with Gasteiger partial charge in [0.25, 0.3) is 0 Å². The van der Waals surface area contributed by atoms with Gasteiger partial charge in [-0.15, -0.1) is 0 Å². The highest BCUT2D eigenvalue weighted by molar-refractivity contribution is 5.24. The lowest BCUT2D eigenvalue weighted by Gasteiger charge is -2.38. The number of alkyl halides is 3. The number of hydrogen-bond acceptors (Lipinski definition) is 3. The SMILES string of the molecule is CC1(n2c(C(F)(F)F)nc3c2CCNC3)CCCOC1. The zero-order valence-electron chi connectivity index (χ0n) is 11.4. The third kappa shape index (κ3) is 2.22. The third-order valence-corrected chi connectivity index (χ3v) is 4.10. The number of imidazole rings is 1. The Morgan fingerprint density at radius 2 is 2.20 bits per heavy atom. The zero-order valence-corrected chi connectivity index (χ0v) is 11.4. The topological polar surface area (TPSA) is 39.1 Å². The minimum Gasteiger partial charge on any atom is -0.379 e. The second-order valence-electron chi connectivity index (χ2n) is 5.74. The minimum absolute atomic E-state index is 0.312. The smallest absolute Gasteiger partial charge is 0.379 e. The Labute approximate surface area is 115 Å². The maximum Gasteiger partial charge on any atom is 0.449 e. The van der Waals surface area contributed by atoms with Crippen molar-refractivity contribution in [1.29, 1.82) is 0 Å². The lowest BCUT2D eigenvalue weighted by Crippen LogP contribution is -2.43. The van der Waals surface area contributed by atoms with E-state index in [2.05, 4.69) is 10.3 Å². The van der Waals surface area contributed by atoms with E-state index in [4.69, 9.17) is 4.74 Å². The van der Waals surface area contributed by atoms with Crippen LogP contribution in [-0.4, -0.2) is 29.3 Å². The first-order valence-corrected chi connectivity index (χ1v) is 6.88. The Balaban J connectivity index is 2.13. The molecule has 4 nitrogen and oxygen atoms in total. The zero-order chi connectivity index (χ0) is 14.4. The van der Waals surface area contributed by atoms with Crippen LogP contribution in [0.25, 0.3) is 0 Å². The Bertz CT molecular complexity index is 504. The summed E-state index contributed by atoms with van der Waals surface area (Å²) >= 11 is 0. The van der Waals surface area contributed by atoms with E-state index in [0.29, 0.717) is 50.5 Å². The molecule has 0 spiro atoms. The molecule has 3 heterocycles. The van der Waals surface area contributed by atoms with Crippen LogP contribution in [0, 0.1) is 0 Å². The first-order valence-electron chi connectivity index (χ1n) is 6.88. The van der Waals surface area contributed by atoms with Gasteiger partial charge >= 0.3 is 6.18 Å². The summed E-state index contributed by atoms with van der Waals surface area (Å²) in [7, 11) is 0. The van der Waals surface area contributed by atoms with E-state index in [9.17, 15) is 13.2 Å². The molecule has 0 aromatic carbocycles. The number of rotatable bonds is 1. The van der Waals surface area contributed by atoms with Gasteiger partial charge in [0.2, 0.25) is 5.82 Å². The van der Waals surface area contributed by atoms with Crippen molar-refractivity contribution in [3.63, 3.8) is 0 Å². The molecule has 20 heavy (non-hydrogen) atoms. The van der Waals surface area contributed by atoms with Crippen molar-refractivity contribution in [2.24, 2.45) is 0 Å². The van der Waals surface area contributed by atoms with Crippen molar-refractivity contribution < 1.29 is 17.9 Å².